The van der Waals surface area contributed by atoms with E-state index in [2.05, 4.69) is 27.8 Å². The number of thioether (sulfide) groups is 1. The van der Waals surface area contributed by atoms with Crippen LogP contribution in [0.4, 0.5) is 5.00 Å². The lowest BCUT2D eigenvalue weighted by atomic mass is 9.88. The number of ether oxygens (including phenoxy) is 1. The monoisotopic (exact) mass is 490 g/mol. The number of aryl methyl sites for hydroxylation is 1. The number of hydrogen-bond acceptors (Lipinski definition) is 8. The molecule has 32 heavy (non-hydrogen) atoms. The summed E-state index contributed by atoms with van der Waals surface area (Å²) in [6, 6.07) is 0. The summed E-state index contributed by atoms with van der Waals surface area (Å²) in [7, 11) is 3.28. The van der Waals surface area contributed by atoms with E-state index < -0.39 is 5.97 Å². The first-order valence-electron chi connectivity index (χ1n) is 10.4. The molecular formula is C22H26N4O3S3. The second-order valence-corrected chi connectivity index (χ2v) is 11.2. The predicted molar refractivity (Wildman–Crippen MR) is 130 cm³/mol. The number of carbonyl (C=O) groups is 2. The molecule has 3 heterocycles. The first-order chi connectivity index (χ1) is 15.3. The third-order valence-corrected chi connectivity index (χ3v) is 9.03. The molecule has 3 aromatic rings. The Labute approximate surface area is 199 Å². The summed E-state index contributed by atoms with van der Waals surface area (Å²) in [4.78, 5) is 27.2. The van der Waals surface area contributed by atoms with E-state index in [1.165, 1.54) is 47.1 Å². The van der Waals surface area contributed by atoms with Crippen molar-refractivity contribution < 1.29 is 14.3 Å². The van der Waals surface area contributed by atoms with Gasteiger partial charge in [-0.15, -0.1) is 32.9 Å². The molecule has 0 aliphatic heterocycles. The minimum Gasteiger partial charge on any atom is -0.465 e. The number of esters is 1. The van der Waals surface area contributed by atoms with Gasteiger partial charge in [-0.1, -0.05) is 18.7 Å². The molecular weight excluding hydrogens is 464 g/mol. The molecule has 1 aliphatic rings. The maximum atomic E-state index is 12.6. The average molecular weight is 491 g/mol. The fourth-order valence-electron chi connectivity index (χ4n) is 3.90. The number of fused-ring (bicyclic) bond motifs is 1. The second kappa shape index (κ2) is 9.36. The molecule has 4 rings (SSSR count). The normalized spacial score (nSPS) is 15.5. The number of thiophene rings is 2. The minimum absolute atomic E-state index is 0.168. The molecule has 1 N–H and O–H groups in total. The van der Waals surface area contributed by atoms with Crippen LogP contribution in [0.15, 0.2) is 10.5 Å². The average Bonchev–Trinajstić information content (AvgIpc) is 3.41. The third kappa shape index (κ3) is 4.35. The Morgan fingerprint density at radius 2 is 2.12 bits per heavy atom. The van der Waals surface area contributed by atoms with Gasteiger partial charge in [0.25, 0.3) is 0 Å². The van der Waals surface area contributed by atoms with E-state index in [1.54, 1.807) is 0 Å². The fourth-order valence-corrected chi connectivity index (χ4v) is 6.91. The van der Waals surface area contributed by atoms with Crippen LogP contribution in [0.25, 0.3) is 11.4 Å². The molecule has 3 aromatic heterocycles. The standard InChI is InChI=1S/C22H26N4O3S3/c1-11-6-7-14-15(9-30-16(14)8-11)19-24-25-22(26(19)4)31-10-17(27)23-20-18(21(28)29-5)12(2)13(3)32-20/h9,11H,6-8,10H2,1-5H3,(H,23,27). The number of rotatable bonds is 6. The first-order valence-corrected chi connectivity index (χ1v) is 13.1. The molecule has 1 unspecified atom stereocenters. The van der Waals surface area contributed by atoms with Gasteiger partial charge in [-0.2, -0.15) is 0 Å². The van der Waals surface area contributed by atoms with Crippen molar-refractivity contribution in [3.63, 3.8) is 0 Å². The lowest BCUT2D eigenvalue weighted by Gasteiger charge is -2.18. The summed E-state index contributed by atoms with van der Waals surface area (Å²) >= 11 is 4.52. The van der Waals surface area contributed by atoms with Gasteiger partial charge in [0.15, 0.2) is 11.0 Å². The highest BCUT2D eigenvalue weighted by Crippen LogP contribution is 2.38. The molecule has 0 bridgehead atoms. The van der Waals surface area contributed by atoms with E-state index in [4.69, 9.17) is 4.74 Å². The van der Waals surface area contributed by atoms with Crippen LogP contribution in [0, 0.1) is 19.8 Å². The van der Waals surface area contributed by atoms with Crippen molar-refractivity contribution in [3.05, 3.63) is 31.8 Å². The van der Waals surface area contributed by atoms with E-state index in [1.807, 2.05) is 36.8 Å². The fraction of sp³-hybridized carbons (Fsp3) is 0.455. The van der Waals surface area contributed by atoms with Crippen LogP contribution in [-0.2, 0) is 29.4 Å². The zero-order valence-electron chi connectivity index (χ0n) is 18.8. The highest BCUT2D eigenvalue weighted by molar-refractivity contribution is 7.99. The highest BCUT2D eigenvalue weighted by atomic mass is 32.2. The summed E-state index contributed by atoms with van der Waals surface area (Å²) in [5, 5.41) is 15.0. The smallest absolute Gasteiger partial charge is 0.341 e. The van der Waals surface area contributed by atoms with Gasteiger partial charge < -0.3 is 14.6 Å². The Morgan fingerprint density at radius 1 is 1.34 bits per heavy atom. The lowest BCUT2D eigenvalue weighted by Crippen LogP contribution is -2.16. The number of carbonyl (C=O) groups excluding carboxylic acids is 2. The molecule has 1 aliphatic carbocycles. The molecule has 0 saturated heterocycles. The van der Waals surface area contributed by atoms with Gasteiger partial charge in [0.2, 0.25) is 5.91 Å². The van der Waals surface area contributed by atoms with Crippen molar-refractivity contribution in [1.29, 1.82) is 0 Å². The molecule has 170 valence electrons. The van der Waals surface area contributed by atoms with Crippen LogP contribution in [0.5, 0.6) is 0 Å². The molecule has 0 radical (unpaired) electrons. The number of methoxy groups -OCH3 is 1. The van der Waals surface area contributed by atoms with E-state index in [0.29, 0.717) is 15.7 Å². The van der Waals surface area contributed by atoms with Gasteiger partial charge in [0.05, 0.1) is 18.4 Å². The topological polar surface area (TPSA) is 86.1 Å². The second-order valence-electron chi connectivity index (χ2n) is 8.08. The quantitative estimate of drug-likeness (QED) is 0.392. The molecule has 1 atom stereocenters. The van der Waals surface area contributed by atoms with Gasteiger partial charge in [-0.3, -0.25) is 4.79 Å². The van der Waals surface area contributed by atoms with Gasteiger partial charge in [0.1, 0.15) is 5.00 Å². The van der Waals surface area contributed by atoms with Crippen molar-refractivity contribution in [1.82, 2.24) is 14.8 Å². The molecule has 0 aromatic carbocycles. The van der Waals surface area contributed by atoms with Crippen LogP contribution in [-0.4, -0.2) is 39.5 Å². The Kier molecular flexibility index (Phi) is 6.73. The van der Waals surface area contributed by atoms with Crippen molar-refractivity contribution in [2.75, 3.05) is 18.2 Å². The summed E-state index contributed by atoms with van der Waals surface area (Å²) < 4.78 is 6.83. The summed E-state index contributed by atoms with van der Waals surface area (Å²) in [6.07, 6.45) is 3.41. The number of nitrogens with one attached hydrogen (secondary N) is 1. The molecule has 10 heteroatoms. The number of aromatic nitrogens is 3. The minimum atomic E-state index is -0.443. The van der Waals surface area contributed by atoms with Crippen molar-refractivity contribution in [2.24, 2.45) is 13.0 Å². The van der Waals surface area contributed by atoms with Crippen LogP contribution in [0.2, 0.25) is 0 Å². The summed E-state index contributed by atoms with van der Waals surface area (Å²) in [5.41, 5.74) is 3.81. The lowest BCUT2D eigenvalue weighted by molar-refractivity contribution is -0.113. The predicted octanol–water partition coefficient (Wildman–Crippen LogP) is 4.86. The maximum absolute atomic E-state index is 12.6. The zero-order valence-corrected chi connectivity index (χ0v) is 21.2. The molecule has 0 saturated carbocycles. The number of nitrogens with zero attached hydrogens (tertiary/aromatic N) is 3. The molecule has 0 fully saturated rings. The number of hydrogen-bond donors (Lipinski definition) is 1. The first kappa shape index (κ1) is 23.0. The number of anilines is 1. The highest BCUT2D eigenvalue weighted by Gasteiger charge is 2.25. The van der Waals surface area contributed by atoms with E-state index in [-0.39, 0.29) is 11.7 Å². The third-order valence-electron chi connectivity index (χ3n) is 5.84. The Hall–Kier alpha value is -2.17. The Morgan fingerprint density at radius 3 is 2.88 bits per heavy atom. The summed E-state index contributed by atoms with van der Waals surface area (Å²) in [5.74, 6) is 1.10. The van der Waals surface area contributed by atoms with Crippen LogP contribution in [0.1, 0.15) is 44.6 Å². The van der Waals surface area contributed by atoms with Crippen LogP contribution < -0.4 is 5.32 Å². The van der Waals surface area contributed by atoms with Gasteiger partial charge in [-0.05, 0) is 50.2 Å². The largest absolute Gasteiger partial charge is 0.465 e. The maximum Gasteiger partial charge on any atom is 0.341 e. The van der Waals surface area contributed by atoms with Gasteiger partial charge >= 0.3 is 5.97 Å². The Balaban J connectivity index is 1.45. The van der Waals surface area contributed by atoms with Gasteiger partial charge in [0, 0.05) is 27.7 Å². The van der Waals surface area contributed by atoms with E-state index >= 15 is 0 Å². The SMILES string of the molecule is COC(=O)c1c(NC(=O)CSc2nnc(-c3csc4c3CCC(C)C4)n2C)sc(C)c1C. The zero-order chi connectivity index (χ0) is 23.0. The van der Waals surface area contributed by atoms with Crippen LogP contribution in [0.3, 0.4) is 0 Å². The van der Waals surface area contributed by atoms with Gasteiger partial charge in [-0.25, -0.2) is 4.79 Å². The molecule has 7 nitrogen and oxygen atoms in total. The summed E-state index contributed by atoms with van der Waals surface area (Å²) in [6.45, 7) is 6.08. The van der Waals surface area contributed by atoms with E-state index in [0.717, 1.165) is 40.6 Å². The molecule has 1 amide bonds. The Bertz CT molecular complexity index is 1180. The van der Waals surface area contributed by atoms with Crippen molar-refractivity contribution in [2.45, 2.75) is 45.2 Å². The van der Waals surface area contributed by atoms with Crippen LogP contribution >= 0.6 is 34.4 Å². The van der Waals surface area contributed by atoms with E-state index in [9.17, 15) is 9.59 Å². The van der Waals surface area contributed by atoms with Crippen molar-refractivity contribution >= 4 is 51.3 Å². The number of amides is 1. The molecule has 0 spiro atoms. The van der Waals surface area contributed by atoms with Crippen molar-refractivity contribution in [3.8, 4) is 11.4 Å².